The molecule has 8 nitrogen and oxygen atoms in total. The first-order valence-corrected chi connectivity index (χ1v) is 4.70. The van der Waals surface area contributed by atoms with Gasteiger partial charge in [0.25, 0.3) is 0 Å². The molecule has 0 atom stereocenters. The Bertz CT molecular complexity index is 317. The van der Waals surface area contributed by atoms with Crippen LogP contribution in [0.1, 0.15) is 20.3 Å². The van der Waals surface area contributed by atoms with Gasteiger partial charge in [0.15, 0.2) is 0 Å². The molecule has 0 rings (SSSR count). The van der Waals surface area contributed by atoms with Crippen LogP contribution in [-0.4, -0.2) is 48.3 Å². The molecule has 2 N–H and O–H groups in total. The molecule has 0 saturated carbocycles. The minimum atomic E-state index is -1.16. The Hall–Kier alpha value is -2.12. The van der Waals surface area contributed by atoms with Gasteiger partial charge in [0, 0.05) is 0 Å². The van der Waals surface area contributed by atoms with E-state index in [1.807, 2.05) is 0 Å². The van der Waals surface area contributed by atoms with Gasteiger partial charge in [-0.3, -0.25) is 9.59 Å². The Kier molecular flexibility index (Phi) is 8.15. The first kappa shape index (κ1) is 18.3. The lowest BCUT2D eigenvalue weighted by molar-refractivity contribution is -0.164. The Morgan fingerprint density at radius 3 is 1.39 bits per heavy atom. The van der Waals surface area contributed by atoms with E-state index in [4.69, 9.17) is 10.2 Å². The van der Waals surface area contributed by atoms with E-state index in [0.717, 1.165) is 14.2 Å². The Labute approximate surface area is 103 Å². The van der Waals surface area contributed by atoms with Crippen LogP contribution < -0.4 is 0 Å². The molecule has 0 heterocycles. The van der Waals surface area contributed by atoms with Crippen molar-refractivity contribution in [2.75, 3.05) is 14.2 Å². The molecule has 8 heteroatoms. The van der Waals surface area contributed by atoms with Gasteiger partial charge in [0.1, 0.15) is 0 Å². The fraction of sp³-hybridized carbons (Fsp3) is 0.600. The highest BCUT2D eigenvalue weighted by atomic mass is 16.6. The summed E-state index contributed by atoms with van der Waals surface area (Å²) in [4.78, 5) is 40.4. The van der Waals surface area contributed by atoms with Crippen LogP contribution in [-0.2, 0) is 28.7 Å². The summed E-state index contributed by atoms with van der Waals surface area (Å²) < 4.78 is 7.98. The number of esters is 2. The highest BCUT2D eigenvalue weighted by molar-refractivity contribution is 6.29. The Balaban J connectivity index is 0. The van der Waals surface area contributed by atoms with Crippen LogP contribution >= 0.6 is 0 Å². The van der Waals surface area contributed by atoms with Crippen LogP contribution in [0.2, 0.25) is 0 Å². The van der Waals surface area contributed by atoms with Gasteiger partial charge in [0.05, 0.1) is 26.1 Å². The zero-order valence-corrected chi connectivity index (χ0v) is 10.6. The molecule has 104 valence electrons. The summed E-state index contributed by atoms with van der Waals surface area (Å²) in [5.74, 6) is -4.14. The topological polar surface area (TPSA) is 127 Å². The number of carbonyl (C=O) groups is 4. The minimum Gasteiger partial charge on any atom is -0.481 e. The molecule has 0 fully saturated rings. The van der Waals surface area contributed by atoms with E-state index in [-0.39, 0.29) is 6.42 Å². The molecule has 0 radical (unpaired) electrons. The van der Waals surface area contributed by atoms with E-state index in [2.05, 4.69) is 9.47 Å². The van der Waals surface area contributed by atoms with E-state index in [1.165, 1.54) is 13.8 Å². The van der Waals surface area contributed by atoms with Crippen LogP contribution in [0.4, 0.5) is 0 Å². The predicted molar refractivity (Wildman–Crippen MR) is 57.7 cm³/mol. The number of carbonyl (C=O) groups excluding carboxylic acids is 2. The van der Waals surface area contributed by atoms with Crippen molar-refractivity contribution in [1.82, 2.24) is 0 Å². The molecule has 0 aliphatic carbocycles. The molecule has 0 saturated heterocycles. The van der Waals surface area contributed by atoms with Crippen molar-refractivity contribution in [3.8, 4) is 0 Å². The number of aliphatic carboxylic acids is 2. The lowest BCUT2D eigenvalue weighted by atomic mass is 9.90. The lowest BCUT2D eigenvalue weighted by Gasteiger charge is -2.14. The number of ether oxygens (including phenoxy) is 2. The Morgan fingerprint density at radius 1 is 0.944 bits per heavy atom. The number of methoxy groups -OCH3 is 2. The molecule has 0 aromatic heterocycles. The number of hydrogen-bond donors (Lipinski definition) is 2. The van der Waals surface area contributed by atoms with Crippen molar-refractivity contribution >= 4 is 23.9 Å². The molecule has 0 bridgehead atoms. The second-order valence-electron chi connectivity index (χ2n) is 3.74. The van der Waals surface area contributed by atoms with E-state index in [9.17, 15) is 19.2 Å². The fourth-order valence-corrected chi connectivity index (χ4v) is 0.620. The summed E-state index contributed by atoms with van der Waals surface area (Å²) >= 11 is 0. The molecule has 0 unspecified atom stereocenters. The summed E-state index contributed by atoms with van der Waals surface area (Å²) in [5, 5.41) is 16.7. The van der Waals surface area contributed by atoms with Crippen LogP contribution in [0.15, 0.2) is 0 Å². The van der Waals surface area contributed by atoms with Crippen molar-refractivity contribution in [1.29, 1.82) is 0 Å². The standard InChI is InChI=1S/C6H10O4.C4H6O4/c1-6(2,5(9)10)3-4(7)8;1-7-3(5)4(6)8-2/h3H2,1-2H3,(H,7,8)(H,9,10);1-2H3. The third-order valence-electron chi connectivity index (χ3n) is 1.71. The maximum Gasteiger partial charge on any atom is 0.417 e. The summed E-state index contributed by atoms with van der Waals surface area (Å²) in [6.45, 7) is 2.76. The quantitative estimate of drug-likeness (QED) is 0.534. The van der Waals surface area contributed by atoms with Crippen LogP contribution in [0.5, 0.6) is 0 Å². The van der Waals surface area contributed by atoms with Gasteiger partial charge < -0.3 is 19.7 Å². The highest BCUT2D eigenvalue weighted by Gasteiger charge is 2.29. The average molecular weight is 264 g/mol. The maximum absolute atomic E-state index is 10.3. The monoisotopic (exact) mass is 264 g/mol. The summed E-state index contributed by atoms with van der Waals surface area (Å²) in [6.07, 6.45) is -0.345. The molecule has 18 heavy (non-hydrogen) atoms. The van der Waals surface area contributed by atoms with Crippen LogP contribution in [0, 0.1) is 5.41 Å². The van der Waals surface area contributed by atoms with E-state index in [1.54, 1.807) is 0 Å². The second-order valence-corrected chi connectivity index (χ2v) is 3.74. The van der Waals surface area contributed by atoms with Gasteiger partial charge in [-0.2, -0.15) is 0 Å². The molecule has 0 amide bonds. The van der Waals surface area contributed by atoms with Crippen LogP contribution in [0.3, 0.4) is 0 Å². The average Bonchev–Trinajstić information content (AvgIpc) is 2.25. The van der Waals surface area contributed by atoms with E-state index in [0.29, 0.717) is 0 Å². The molecule has 0 aliphatic heterocycles. The number of carboxylic acid groups (broad SMARTS) is 2. The molecule has 0 spiro atoms. The lowest BCUT2D eigenvalue weighted by Crippen LogP contribution is -2.26. The van der Waals surface area contributed by atoms with Crippen molar-refractivity contribution in [3.05, 3.63) is 0 Å². The van der Waals surface area contributed by atoms with Gasteiger partial charge in [-0.15, -0.1) is 0 Å². The largest absolute Gasteiger partial charge is 0.481 e. The van der Waals surface area contributed by atoms with Crippen molar-refractivity contribution in [2.45, 2.75) is 20.3 Å². The third-order valence-corrected chi connectivity index (χ3v) is 1.71. The zero-order valence-electron chi connectivity index (χ0n) is 10.6. The first-order valence-electron chi connectivity index (χ1n) is 4.70. The van der Waals surface area contributed by atoms with Gasteiger partial charge in [-0.05, 0) is 13.8 Å². The van der Waals surface area contributed by atoms with E-state index >= 15 is 0 Å². The predicted octanol–water partition coefficient (Wildman–Crippen LogP) is -0.0957. The first-order chi connectivity index (χ1) is 8.08. The highest BCUT2D eigenvalue weighted by Crippen LogP contribution is 2.19. The fourth-order valence-electron chi connectivity index (χ4n) is 0.620. The molecular weight excluding hydrogens is 248 g/mol. The smallest absolute Gasteiger partial charge is 0.417 e. The van der Waals surface area contributed by atoms with Gasteiger partial charge in [0.2, 0.25) is 0 Å². The number of hydrogen-bond acceptors (Lipinski definition) is 6. The van der Waals surface area contributed by atoms with Gasteiger partial charge >= 0.3 is 23.9 Å². The Morgan fingerprint density at radius 2 is 1.28 bits per heavy atom. The summed E-state index contributed by atoms with van der Waals surface area (Å²) in [6, 6.07) is 0. The molecule has 0 aromatic carbocycles. The number of rotatable bonds is 3. The summed E-state index contributed by atoms with van der Waals surface area (Å²) in [5.41, 5.74) is -1.16. The van der Waals surface area contributed by atoms with Gasteiger partial charge in [-0.25, -0.2) is 9.59 Å². The van der Waals surface area contributed by atoms with Crippen LogP contribution in [0.25, 0.3) is 0 Å². The molecule has 0 aromatic rings. The maximum atomic E-state index is 10.3. The van der Waals surface area contributed by atoms with Crippen molar-refractivity contribution < 1.29 is 38.9 Å². The number of carboxylic acids is 2. The van der Waals surface area contributed by atoms with Gasteiger partial charge in [-0.1, -0.05) is 0 Å². The second kappa shape index (κ2) is 8.04. The third kappa shape index (κ3) is 8.08. The van der Waals surface area contributed by atoms with Crippen molar-refractivity contribution in [3.63, 3.8) is 0 Å². The molecule has 0 aliphatic rings. The molecular formula is C10H16O8. The zero-order chi connectivity index (χ0) is 14.9. The summed E-state index contributed by atoms with van der Waals surface area (Å²) in [7, 11) is 2.22. The van der Waals surface area contributed by atoms with Crippen molar-refractivity contribution in [2.24, 2.45) is 5.41 Å². The van der Waals surface area contributed by atoms with E-state index < -0.39 is 29.3 Å². The normalized spacial score (nSPS) is 9.56. The SMILES string of the molecule is CC(C)(CC(=O)O)C(=O)O.COC(=O)C(=O)OC. The minimum absolute atomic E-state index is 0.345.